The summed E-state index contributed by atoms with van der Waals surface area (Å²) in [5, 5.41) is 5.30. The summed E-state index contributed by atoms with van der Waals surface area (Å²) < 4.78 is 16.0. The maximum absolute atomic E-state index is 12.8. The van der Waals surface area contributed by atoms with Crippen molar-refractivity contribution in [3.8, 4) is 17.2 Å². The van der Waals surface area contributed by atoms with Crippen LogP contribution in [0.4, 0.5) is 11.4 Å². The minimum absolute atomic E-state index is 0.0947. The predicted molar refractivity (Wildman–Crippen MR) is 131 cm³/mol. The first kappa shape index (κ1) is 24.0. The van der Waals surface area contributed by atoms with Gasteiger partial charge in [0.1, 0.15) is 17.2 Å². The molecule has 0 saturated heterocycles. The summed E-state index contributed by atoms with van der Waals surface area (Å²) in [5.74, 6) is 1.34. The van der Waals surface area contributed by atoms with Crippen molar-refractivity contribution in [3.05, 3.63) is 72.8 Å². The molecule has 1 atom stereocenters. The maximum atomic E-state index is 12.8. The number of ether oxygens (including phenoxy) is 3. The fourth-order valence-corrected chi connectivity index (χ4v) is 3.84. The number of thioether (sulfide) groups is 1. The molecule has 8 heteroatoms. The van der Waals surface area contributed by atoms with E-state index in [-0.39, 0.29) is 18.4 Å². The van der Waals surface area contributed by atoms with Gasteiger partial charge in [-0.25, -0.2) is 0 Å². The molecular formula is C25H26N2O5S. The van der Waals surface area contributed by atoms with Gasteiger partial charge < -0.3 is 24.8 Å². The van der Waals surface area contributed by atoms with E-state index in [2.05, 4.69) is 10.6 Å². The normalized spacial score (nSPS) is 11.2. The summed E-state index contributed by atoms with van der Waals surface area (Å²) in [6.45, 7) is 1.72. The Kier molecular flexibility index (Phi) is 8.60. The Labute approximate surface area is 197 Å². The summed E-state index contributed by atoms with van der Waals surface area (Å²) >= 11 is 1.38. The van der Waals surface area contributed by atoms with Gasteiger partial charge in [-0.05, 0) is 49.4 Å². The number of hydrogen-bond acceptors (Lipinski definition) is 6. The highest BCUT2D eigenvalue weighted by molar-refractivity contribution is 8.00. The molecule has 0 radical (unpaired) electrons. The molecule has 172 valence electrons. The lowest BCUT2D eigenvalue weighted by atomic mass is 10.2. The van der Waals surface area contributed by atoms with E-state index in [4.69, 9.17) is 14.2 Å². The molecule has 7 nitrogen and oxygen atoms in total. The minimum atomic E-state index is -0.395. The molecule has 0 bridgehead atoms. The zero-order valence-electron chi connectivity index (χ0n) is 18.7. The number of benzene rings is 3. The summed E-state index contributed by atoms with van der Waals surface area (Å²) in [6.07, 6.45) is 0. The van der Waals surface area contributed by atoms with E-state index in [1.807, 2.05) is 43.3 Å². The van der Waals surface area contributed by atoms with Crippen molar-refractivity contribution in [2.75, 3.05) is 31.5 Å². The zero-order chi connectivity index (χ0) is 23.6. The average molecular weight is 467 g/mol. The van der Waals surface area contributed by atoms with Crippen LogP contribution in [0.1, 0.15) is 6.92 Å². The van der Waals surface area contributed by atoms with Crippen molar-refractivity contribution in [2.24, 2.45) is 0 Å². The fourth-order valence-electron chi connectivity index (χ4n) is 2.91. The van der Waals surface area contributed by atoms with Gasteiger partial charge in [0.05, 0.1) is 25.2 Å². The number of carbonyl (C=O) groups excluding carboxylic acids is 2. The van der Waals surface area contributed by atoms with Gasteiger partial charge in [-0.3, -0.25) is 9.59 Å². The smallest absolute Gasteiger partial charge is 0.262 e. The Morgan fingerprint density at radius 1 is 0.879 bits per heavy atom. The van der Waals surface area contributed by atoms with Crippen molar-refractivity contribution in [1.82, 2.24) is 0 Å². The van der Waals surface area contributed by atoms with Gasteiger partial charge in [-0.2, -0.15) is 0 Å². The van der Waals surface area contributed by atoms with E-state index in [0.717, 1.165) is 4.90 Å². The first-order valence-corrected chi connectivity index (χ1v) is 11.1. The average Bonchev–Trinajstić information content (AvgIpc) is 2.83. The number of nitrogens with one attached hydrogen (secondary N) is 2. The third kappa shape index (κ3) is 7.18. The highest BCUT2D eigenvalue weighted by Crippen LogP contribution is 2.31. The zero-order valence-corrected chi connectivity index (χ0v) is 19.5. The highest BCUT2D eigenvalue weighted by atomic mass is 32.2. The molecule has 0 spiro atoms. The molecule has 3 rings (SSSR count). The largest absolute Gasteiger partial charge is 0.497 e. The van der Waals surface area contributed by atoms with E-state index < -0.39 is 5.25 Å². The molecule has 0 aliphatic rings. The van der Waals surface area contributed by atoms with E-state index in [9.17, 15) is 9.59 Å². The Hall–Kier alpha value is -3.65. The van der Waals surface area contributed by atoms with Gasteiger partial charge in [0, 0.05) is 16.6 Å². The standard InChI is InChI=1S/C25H26N2O5S/c1-17(25(29)27-22-15-20(30-2)12-13-23(22)31-3)33-21-11-7-8-18(14-21)26-24(28)16-32-19-9-5-4-6-10-19/h4-15,17H,16H2,1-3H3,(H,26,28)(H,27,29). The van der Waals surface area contributed by atoms with Crippen LogP contribution in [0.2, 0.25) is 0 Å². The second kappa shape index (κ2) is 11.8. The first-order valence-electron chi connectivity index (χ1n) is 10.3. The molecular weight excluding hydrogens is 440 g/mol. The monoisotopic (exact) mass is 466 g/mol. The quantitative estimate of drug-likeness (QED) is 0.416. The fraction of sp³-hybridized carbons (Fsp3) is 0.200. The summed E-state index contributed by atoms with van der Waals surface area (Å²) in [7, 11) is 3.10. The second-order valence-corrected chi connectivity index (χ2v) is 8.41. The van der Waals surface area contributed by atoms with Gasteiger partial charge in [0.25, 0.3) is 5.91 Å². The lowest BCUT2D eigenvalue weighted by molar-refractivity contribution is -0.118. The predicted octanol–water partition coefficient (Wildman–Crippen LogP) is 4.84. The van der Waals surface area contributed by atoms with Gasteiger partial charge in [0.2, 0.25) is 5.91 Å². The minimum Gasteiger partial charge on any atom is -0.497 e. The third-order valence-electron chi connectivity index (χ3n) is 4.58. The summed E-state index contributed by atoms with van der Waals surface area (Å²) in [6, 6.07) is 21.7. The molecule has 3 aromatic carbocycles. The van der Waals surface area contributed by atoms with E-state index in [1.165, 1.54) is 11.8 Å². The number of methoxy groups -OCH3 is 2. The van der Waals surface area contributed by atoms with Crippen molar-refractivity contribution in [1.29, 1.82) is 0 Å². The molecule has 0 aromatic heterocycles. The van der Waals surface area contributed by atoms with Gasteiger partial charge in [-0.15, -0.1) is 11.8 Å². The Morgan fingerprint density at radius 3 is 2.39 bits per heavy atom. The van der Waals surface area contributed by atoms with Gasteiger partial charge in [0.15, 0.2) is 6.61 Å². The van der Waals surface area contributed by atoms with Crippen molar-refractivity contribution in [3.63, 3.8) is 0 Å². The van der Waals surface area contributed by atoms with Crippen LogP contribution in [0.5, 0.6) is 17.2 Å². The van der Waals surface area contributed by atoms with Crippen molar-refractivity contribution in [2.45, 2.75) is 17.1 Å². The lowest BCUT2D eigenvalue weighted by Gasteiger charge is -2.15. The molecule has 3 aromatic rings. The van der Waals surface area contributed by atoms with E-state index in [1.54, 1.807) is 50.6 Å². The number of para-hydroxylation sites is 1. The highest BCUT2D eigenvalue weighted by Gasteiger charge is 2.17. The number of carbonyl (C=O) groups is 2. The molecule has 33 heavy (non-hydrogen) atoms. The van der Waals surface area contributed by atoms with E-state index >= 15 is 0 Å². The summed E-state index contributed by atoms with van der Waals surface area (Å²) in [4.78, 5) is 25.8. The Morgan fingerprint density at radius 2 is 1.67 bits per heavy atom. The van der Waals surface area contributed by atoms with E-state index in [0.29, 0.717) is 28.6 Å². The summed E-state index contributed by atoms with van der Waals surface area (Å²) in [5.41, 5.74) is 1.16. The van der Waals surface area contributed by atoms with Crippen molar-refractivity contribution < 1.29 is 23.8 Å². The Balaban J connectivity index is 1.57. The first-order chi connectivity index (χ1) is 16.0. The van der Waals surface area contributed by atoms with Crippen LogP contribution in [0.25, 0.3) is 0 Å². The molecule has 2 amide bonds. The number of hydrogen-bond donors (Lipinski definition) is 2. The third-order valence-corrected chi connectivity index (χ3v) is 5.67. The van der Waals surface area contributed by atoms with Gasteiger partial charge >= 0.3 is 0 Å². The molecule has 0 heterocycles. The number of amides is 2. The second-order valence-electron chi connectivity index (χ2n) is 6.99. The topological polar surface area (TPSA) is 85.9 Å². The molecule has 0 aliphatic heterocycles. The SMILES string of the molecule is COc1ccc(OC)c(NC(=O)C(C)Sc2cccc(NC(=O)COc3ccccc3)c2)c1. The number of rotatable bonds is 10. The molecule has 0 aliphatic carbocycles. The van der Waals surface area contributed by atoms with Crippen LogP contribution in [-0.2, 0) is 9.59 Å². The van der Waals surface area contributed by atoms with Crippen LogP contribution < -0.4 is 24.8 Å². The van der Waals surface area contributed by atoms with Crippen molar-refractivity contribution >= 4 is 35.0 Å². The molecule has 1 unspecified atom stereocenters. The lowest BCUT2D eigenvalue weighted by Crippen LogP contribution is -2.22. The molecule has 0 fully saturated rings. The van der Waals surface area contributed by atoms with Crippen LogP contribution in [0.15, 0.2) is 77.7 Å². The molecule has 2 N–H and O–H groups in total. The van der Waals surface area contributed by atoms with Crippen LogP contribution in [-0.4, -0.2) is 37.9 Å². The van der Waals surface area contributed by atoms with Crippen LogP contribution in [0, 0.1) is 0 Å². The number of anilines is 2. The van der Waals surface area contributed by atoms with Crippen LogP contribution in [0.3, 0.4) is 0 Å². The van der Waals surface area contributed by atoms with Gasteiger partial charge in [-0.1, -0.05) is 24.3 Å². The van der Waals surface area contributed by atoms with Crippen LogP contribution >= 0.6 is 11.8 Å². The Bertz CT molecular complexity index is 1090. The molecule has 0 saturated carbocycles. The maximum Gasteiger partial charge on any atom is 0.262 e.